The van der Waals surface area contributed by atoms with Crippen LogP contribution >= 0.6 is 0 Å². The minimum Gasteiger partial charge on any atom is -0.343 e. The van der Waals surface area contributed by atoms with Crippen molar-refractivity contribution < 1.29 is 9.72 Å². The van der Waals surface area contributed by atoms with E-state index in [0.29, 0.717) is 12.1 Å². The number of amides is 1. The van der Waals surface area contributed by atoms with Gasteiger partial charge in [0.15, 0.2) is 0 Å². The highest BCUT2D eigenvalue weighted by atomic mass is 16.6. The van der Waals surface area contributed by atoms with E-state index in [9.17, 15) is 14.9 Å². The topological polar surface area (TPSA) is 80.4 Å². The molecule has 178 valence electrons. The Balaban J connectivity index is 1.74. The lowest BCUT2D eigenvalue weighted by Gasteiger charge is -2.32. The standard InChI is InChI=1S/C27H32N4O3/c1-19-25(23-12-14-24(15-13-23)31(33)34)26(20(2)30(19)18-22-10-6-4-7-11-22)27(32)28-21(3)29-16-8-5-9-17-29/h4,6-7,10-15,21H,5,8-9,16-18H2,1-3H3,(H,28,32). The Bertz CT molecular complexity index is 1160. The molecule has 34 heavy (non-hydrogen) atoms. The third-order valence-corrected chi connectivity index (χ3v) is 6.84. The van der Waals surface area contributed by atoms with Gasteiger partial charge in [-0.05, 0) is 56.9 Å². The van der Waals surface area contributed by atoms with Crippen LogP contribution in [-0.2, 0) is 6.54 Å². The van der Waals surface area contributed by atoms with Gasteiger partial charge in [0.1, 0.15) is 0 Å². The minimum atomic E-state index is -0.406. The van der Waals surface area contributed by atoms with Crippen LogP contribution in [0.4, 0.5) is 5.69 Å². The SMILES string of the molecule is Cc1c(C(=O)NC(C)N2CCCCC2)c(-c2ccc([N+](=O)[O-])cc2)c(C)n1Cc1ccccc1. The van der Waals surface area contributed by atoms with E-state index in [1.54, 1.807) is 12.1 Å². The molecule has 4 rings (SSSR count). The van der Waals surface area contributed by atoms with Crippen molar-refractivity contribution in [3.8, 4) is 11.1 Å². The third-order valence-electron chi connectivity index (χ3n) is 6.84. The first-order valence-electron chi connectivity index (χ1n) is 11.9. The molecule has 0 saturated carbocycles. The average molecular weight is 461 g/mol. The number of nitro benzene ring substituents is 1. The number of rotatable bonds is 7. The smallest absolute Gasteiger partial charge is 0.269 e. The van der Waals surface area contributed by atoms with E-state index in [1.807, 2.05) is 39.0 Å². The molecule has 0 bridgehead atoms. The van der Waals surface area contributed by atoms with Crippen LogP contribution in [0.15, 0.2) is 54.6 Å². The Labute approximate surface area is 200 Å². The summed E-state index contributed by atoms with van der Waals surface area (Å²) in [5, 5.41) is 14.4. The second-order valence-electron chi connectivity index (χ2n) is 9.04. The van der Waals surface area contributed by atoms with Gasteiger partial charge in [0.05, 0.1) is 16.7 Å². The molecule has 1 aromatic heterocycles. The second-order valence-corrected chi connectivity index (χ2v) is 9.04. The number of likely N-dealkylation sites (tertiary alicyclic amines) is 1. The molecule has 1 aliphatic heterocycles. The van der Waals surface area contributed by atoms with Crippen molar-refractivity contribution in [2.75, 3.05) is 13.1 Å². The summed E-state index contributed by atoms with van der Waals surface area (Å²) in [5.74, 6) is -0.112. The fraction of sp³-hybridized carbons (Fsp3) is 0.370. The zero-order chi connectivity index (χ0) is 24.2. The summed E-state index contributed by atoms with van der Waals surface area (Å²) >= 11 is 0. The molecule has 1 amide bonds. The number of nitrogens with one attached hydrogen (secondary N) is 1. The van der Waals surface area contributed by atoms with E-state index >= 15 is 0 Å². The Morgan fingerprint density at radius 1 is 1.00 bits per heavy atom. The number of hydrogen-bond donors (Lipinski definition) is 1. The lowest BCUT2D eigenvalue weighted by Crippen LogP contribution is -2.48. The Morgan fingerprint density at radius 2 is 1.65 bits per heavy atom. The molecule has 1 fully saturated rings. The van der Waals surface area contributed by atoms with Crippen molar-refractivity contribution >= 4 is 11.6 Å². The highest BCUT2D eigenvalue weighted by Crippen LogP contribution is 2.34. The molecule has 0 spiro atoms. The first-order valence-corrected chi connectivity index (χ1v) is 11.9. The van der Waals surface area contributed by atoms with Crippen molar-refractivity contribution in [2.45, 2.75) is 52.7 Å². The molecule has 7 nitrogen and oxygen atoms in total. The van der Waals surface area contributed by atoms with Crippen LogP contribution < -0.4 is 5.32 Å². The number of piperidine rings is 1. The molecule has 0 aliphatic carbocycles. The minimum absolute atomic E-state index is 0.0339. The number of non-ortho nitro benzene ring substituents is 1. The van der Waals surface area contributed by atoms with Gasteiger partial charge in [-0.1, -0.05) is 36.8 Å². The van der Waals surface area contributed by atoms with Gasteiger partial charge < -0.3 is 9.88 Å². The number of nitro groups is 1. The van der Waals surface area contributed by atoms with E-state index in [-0.39, 0.29) is 17.8 Å². The molecular formula is C27H32N4O3. The highest BCUT2D eigenvalue weighted by Gasteiger charge is 2.27. The number of aromatic nitrogens is 1. The summed E-state index contributed by atoms with van der Waals surface area (Å²) in [7, 11) is 0. The van der Waals surface area contributed by atoms with Gasteiger partial charge in [-0.25, -0.2) is 0 Å². The summed E-state index contributed by atoms with van der Waals surface area (Å²) in [6, 6.07) is 16.6. The monoisotopic (exact) mass is 460 g/mol. The number of hydrogen-bond acceptors (Lipinski definition) is 4. The Kier molecular flexibility index (Phi) is 7.12. The maximum atomic E-state index is 13.6. The average Bonchev–Trinajstić information content (AvgIpc) is 3.10. The summed E-state index contributed by atoms with van der Waals surface area (Å²) in [6.45, 7) is 8.65. The molecule has 1 atom stereocenters. The molecule has 3 aromatic rings. The van der Waals surface area contributed by atoms with Crippen molar-refractivity contribution in [1.29, 1.82) is 0 Å². The third kappa shape index (κ3) is 4.89. The van der Waals surface area contributed by atoms with Gasteiger partial charge in [0, 0.05) is 48.7 Å². The summed E-state index contributed by atoms with van der Waals surface area (Å²) < 4.78 is 2.16. The molecule has 1 aliphatic rings. The number of benzene rings is 2. The van der Waals surface area contributed by atoms with Gasteiger partial charge in [-0.15, -0.1) is 0 Å². The van der Waals surface area contributed by atoms with E-state index in [1.165, 1.54) is 18.6 Å². The normalized spacial score (nSPS) is 15.1. The Hall–Kier alpha value is -3.45. The molecule has 0 radical (unpaired) electrons. The largest absolute Gasteiger partial charge is 0.343 e. The van der Waals surface area contributed by atoms with Gasteiger partial charge in [-0.2, -0.15) is 0 Å². The van der Waals surface area contributed by atoms with Crippen molar-refractivity contribution in [3.63, 3.8) is 0 Å². The van der Waals surface area contributed by atoms with Crippen molar-refractivity contribution in [2.24, 2.45) is 0 Å². The first-order chi connectivity index (χ1) is 16.4. The predicted octanol–water partition coefficient (Wildman–Crippen LogP) is 5.29. The molecule has 1 N–H and O–H groups in total. The quantitative estimate of drug-likeness (QED) is 0.384. The lowest BCUT2D eigenvalue weighted by molar-refractivity contribution is -0.384. The van der Waals surface area contributed by atoms with Crippen LogP contribution in [0, 0.1) is 24.0 Å². The van der Waals surface area contributed by atoms with Crippen molar-refractivity contribution in [3.05, 3.63) is 87.2 Å². The maximum Gasteiger partial charge on any atom is 0.269 e. The van der Waals surface area contributed by atoms with E-state index < -0.39 is 4.92 Å². The fourth-order valence-corrected chi connectivity index (χ4v) is 4.93. The van der Waals surface area contributed by atoms with E-state index in [2.05, 4.69) is 26.9 Å². The number of nitrogens with zero attached hydrogens (tertiary/aromatic N) is 3. The van der Waals surface area contributed by atoms with Crippen LogP contribution in [0.5, 0.6) is 0 Å². The highest BCUT2D eigenvalue weighted by molar-refractivity contribution is 6.03. The van der Waals surface area contributed by atoms with Crippen LogP contribution in [0.3, 0.4) is 0 Å². The van der Waals surface area contributed by atoms with Crippen LogP contribution in [0.1, 0.15) is 53.5 Å². The van der Waals surface area contributed by atoms with Gasteiger partial charge in [0.2, 0.25) is 0 Å². The molecule has 7 heteroatoms. The van der Waals surface area contributed by atoms with Crippen molar-refractivity contribution in [1.82, 2.24) is 14.8 Å². The lowest BCUT2D eigenvalue weighted by atomic mass is 9.99. The van der Waals surface area contributed by atoms with Crippen LogP contribution in [0.25, 0.3) is 11.1 Å². The summed E-state index contributed by atoms with van der Waals surface area (Å²) in [6.07, 6.45) is 3.48. The maximum absolute atomic E-state index is 13.6. The molecule has 1 unspecified atom stereocenters. The van der Waals surface area contributed by atoms with Gasteiger partial charge in [0.25, 0.3) is 11.6 Å². The predicted molar refractivity (Wildman–Crippen MR) is 134 cm³/mol. The molecule has 2 heterocycles. The fourth-order valence-electron chi connectivity index (χ4n) is 4.93. The zero-order valence-corrected chi connectivity index (χ0v) is 20.1. The Morgan fingerprint density at radius 3 is 2.26 bits per heavy atom. The zero-order valence-electron chi connectivity index (χ0n) is 20.1. The van der Waals surface area contributed by atoms with Crippen LogP contribution in [-0.4, -0.2) is 39.6 Å². The number of carbonyl (C=O) groups is 1. The van der Waals surface area contributed by atoms with Crippen LogP contribution in [0.2, 0.25) is 0 Å². The summed E-state index contributed by atoms with van der Waals surface area (Å²) in [4.78, 5) is 26.7. The molecular weight excluding hydrogens is 428 g/mol. The molecule has 1 saturated heterocycles. The second kappa shape index (κ2) is 10.2. The van der Waals surface area contributed by atoms with E-state index in [4.69, 9.17) is 0 Å². The van der Waals surface area contributed by atoms with Gasteiger partial charge in [-0.3, -0.25) is 19.8 Å². The first kappa shape index (κ1) is 23.7. The van der Waals surface area contributed by atoms with E-state index in [0.717, 1.165) is 54.0 Å². The summed E-state index contributed by atoms with van der Waals surface area (Å²) in [5.41, 5.74) is 5.29. The molecule has 2 aromatic carbocycles. The number of carbonyl (C=O) groups excluding carboxylic acids is 1. The van der Waals surface area contributed by atoms with Gasteiger partial charge >= 0.3 is 0 Å².